The average molecular weight is 424 g/mol. The van der Waals surface area contributed by atoms with Crippen molar-refractivity contribution < 1.29 is 4.79 Å². The van der Waals surface area contributed by atoms with Crippen LogP contribution in [0.4, 0.5) is 0 Å². The van der Waals surface area contributed by atoms with E-state index in [0.29, 0.717) is 5.69 Å². The summed E-state index contributed by atoms with van der Waals surface area (Å²) in [6.07, 6.45) is 5.26. The molecule has 27 heavy (non-hydrogen) atoms. The van der Waals surface area contributed by atoms with E-state index in [2.05, 4.69) is 64.6 Å². The molecule has 2 aliphatic rings. The Labute approximate surface area is 167 Å². The first-order valence-electron chi connectivity index (χ1n) is 9.54. The van der Waals surface area contributed by atoms with Crippen molar-refractivity contribution in [1.29, 1.82) is 0 Å². The number of fused-ring (bicyclic) bond motifs is 2. The van der Waals surface area contributed by atoms with Crippen LogP contribution in [0.1, 0.15) is 60.0 Å². The summed E-state index contributed by atoms with van der Waals surface area (Å²) in [7, 11) is 0. The molecule has 5 rings (SSSR count). The fourth-order valence-electron chi connectivity index (χ4n) is 4.27. The molecule has 2 aromatic heterocycles. The lowest BCUT2D eigenvalue weighted by atomic mass is 9.93. The number of nitrogens with zero attached hydrogens (tertiary/aromatic N) is 3. The van der Waals surface area contributed by atoms with Crippen LogP contribution in [0, 0.1) is 0 Å². The zero-order valence-electron chi connectivity index (χ0n) is 15.6. The molecule has 1 atom stereocenters. The van der Waals surface area contributed by atoms with Crippen LogP contribution in [-0.2, 0) is 11.8 Å². The Morgan fingerprint density at radius 1 is 1.26 bits per heavy atom. The Balaban J connectivity index is 1.57. The van der Waals surface area contributed by atoms with E-state index in [1.807, 2.05) is 17.0 Å². The first kappa shape index (κ1) is 17.0. The van der Waals surface area contributed by atoms with Gasteiger partial charge in [-0.25, -0.2) is 4.98 Å². The summed E-state index contributed by atoms with van der Waals surface area (Å²) in [4.78, 5) is 20.1. The fraction of sp³-hybridized carbons (Fsp3) is 0.364. The molecule has 1 fully saturated rings. The monoisotopic (exact) mass is 423 g/mol. The van der Waals surface area contributed by atoms with Gasteiger partial charge in [0.15, 0.2) is 0 Å². The first-order chi connectivity index (χ1) is 13.0. The molecular weight excluding hydrogens is 402 g/mol. The van der Waals surface area contributed by atoms with Crippen molar-refractivity contribution in [3.63, 3.8) is 0 Å². The lowest BCUT2D eigenvalue weighted by Crippen LogP contribution is -2.39. The van der Waals surface area contributed by atoms with E-state index in [9.17, 15) is 4.79 Å². The minimum Gasteiger partial charge on any atom is -0.330 e. The number of hydrogen-bond donors (Lipinski definition) is 0. The standard InChI is InChI=1S/C22H22BrN3O/c1-14-17-6-4-3-5-15(17)7-10-25(14)21(27)18-12-19(22(2)8-9-22)26-13-16(23)11-20(26)24-18/h3-6,11-14H,7-10H2,1-2H3/t14-/m1/s1. The number of benzene rings is 1. The van der Waals surface area contributed by atoms with Crippen molar-refractivity contribution in [3.8, 4) is 0 Å². The Kier molecular flexibility index (Phi) is 3.73. The van der Waals surface area contributed by atoms with E-state index in [0.717, 1.165) is 35.9 Å². The number of amides is 1. The third-order valence-electron chi connectivity index (χ3n) is 6.23. The molecule has 0 radical (unpaired) electrons. The van der Waals surface area contributed by atoms with Gasteiger partial charge >= 0.3 is 0 Å². The van der Waals surface area contributed by atoms with Crippen LogP contribution in [0.15, 0.2) is 47.1 Å². The van der Waals surface area contributed by atoms with Gasteiger partial charge in [-0.1, -0.05) is 31.2 Å². The molecule has 3 aromatic rings. The Morgan fingerprint density at radius 3 is 2.81 bits per heavy atom. The van der Waals surface area contributed by atoms with Crippen molar-refractivity contribution in [2.75, 3.05) is 6.54 Å². The predicted molar refractivity (Wildman–Crippen MR) is 109 cm³/mol. The summed E-state index contributed by atoms with van der Waals surface area (Å²) < 4.78 is 3.12. The van der Waals surface area contributed by atoms with Crippen LogP contribution in [-0.4, -0.2) is 26.7 Å². The SMILES string of the molecule is C[C@@H]1c2ccccc2CCN1C(=O)c1cc(C2(C)CC2)n2cc(Br)cc2n1. The van der Waals surface area contributed by atoms with E-state index < -0.39 is 0 Å². The second-order valence-electron chi connectivity index (χ2n) is 8.10. The van der Waals surface area contributed by atoms with Gasteiger partial charge in [0.25, 0.3) is 5.91 Å². The molecular formula is C22H22BrN3O. The molecule has 0 saturated heterocycles. The van der Waals surface area contributed by atoms with Crippen LogP contribution in [0.5, 0.6) is 0 Å². The number of hydrogen-bond acceptors (Lipinski definition) is 2. The summed E-state index contributed by atoms with van der Waals surface area (Å²) >= 11 is 3.56. The molecule has 1 aliphatic carbocycles. The Hall–Kier alpha value is -2.14. The quantitative estimate of drug-likeness (QED) is 0.587. The van der Waals surface area contributed by atoms with Crippen LogP contribution < -0.4 is 0 Å². The van der Waals surface area contributed by atoms with Gasteiger partial charge < -0.3 is 9.30 Å². The lowest BCUT2D eigenvalue weighted by Gasteiger charge is -2.35. The van der Waals surface area contributed by atoms with Gasteiger partial charge in [-0.15, -0.1) is 0 Å². The number of carbonyl (C=O) groups is 1. The third kappa shape index (κ3) is 2.71. The van der Waals surface area contributed by atoms with Crippen LogP contribution in [0.2, 0.25) is 0 Å². The van der Waals surface area contributed by atoms with Crippen LogP contribution >= 0.6 is 15.9 Å². The van der Waals surface area contributed by atoms with Gasteiger partial charge in [-0.3, -0.25) is 4.79 Å². The molecule has 1 saturated carbocycles. The molecule has 1 aliphatic heterocycles. The smallest absolute Gasteiger partial charge is 0.273 e. The van der Waals surface area contributed by atoms with Gasteiger partial charge in [-0.05, 0) is 65.4 Å². The predicted octanol–water partition coefficient (Wildman–Crippen LogP) is 4.91. The zero-order chi connectivity index (χ0) is 18.8. The largest absolute Gasteiger partial charge is 0.330 e. The molecule has 0 bridgehead atoms. The van der Waals surface area contributed by atoms with Crippen molar-refractivity contribution >= 4 is 27.5 Å². The fourth-order valence-corrected chi connectivity index (χ4v) is 4.68. The molecule has 0 unspecified atom stereocenters. The van der Waals surface area contributed by atoms with Crippen molar-refractivity contribution in [1.82, 2.24) is 14.3 Å². The Bertz CT molecular complexity index is 1070. The van der Waals surface area contributed by atoms with Gasteiger partial charge in [-0.2, -0.15) is 0 Å². The second kappa shape index (κ2) is 5.93. The van der Waals surface area contributed by atoms with Crippen molar-refractivity contribution in [2.24, 2.45) is 0 Å². The lowest BCUT2D eigenvalue weighted by molar-refractivity contribution is 0.0671. The minimum absolute atomic E-state index is 0.0299. The maximum atomic E-state index is 13.4. The number of halogens is 1. The summed E-state index contributed by atoms with van der Waals surface area (Å²) in [5.74, 6) is 0.0299. The van der Waals surface area contributed by atoms with Gasteiger partial charge in [0.05, 0.1) is 6.04 Å². The molecule has 0 N–H and O–H groups in total. The highest BCUT2D eigenvalue weighted by atomic mass is 79.9. The van der Waals surface area contributed by atoms with E-state index in [4.69, 9.17) is 4.98 Å². The number of carbonyl (C=O) groups excluding carboxylic acids is 1. The van der Waals surface area contributed by atoms with Gasteiger partial charge in [0, 0.05) is 28.3 Å². The zero-order valence-corrected chi connectivity index (χ0v) is 17.2. The molecule has 0 spiro atoms. The van der Waals surface area contributed by atoms with E-state index in [1.54, 1.807) is 0 Å². The molecule has 1 amide bonds. The van der Waals surface area contributed by atoms with E-state index in [1.165, 1.54) is 16.8 Å². The normalized spacial score (nSPS) is 20.6. The first-order valence-corrected chi connectivity index (χ1v) is 10.3. The highest BCUT2D eigenvalue weighted by Gasteiger charge is 2.42. The maximum Gasteiger partial charge on any atom is 0.273 e. The summed E-state index contributed by atoms with van der Waals surface area (Å²) in [6.45, 7) is 5.12. The highest BCUT2D eigenvalue weighted by molar-refractivity contribution is 9.10. The third-order valence-corrected chi connectivity index (χ3v) is 6.66. The topological polar surface area (TPSA) is 37.6 Å². The van der Waals surface area contributed by atoms with Gasteiger partial charge in [0.2, 0.25) is 0 Å². The summed E-state index contributed by atoms with van der Waals surface area (Å²) in [6, 6.07) is 12.5. The second-order valence-corrected chi connectivity index (χ2v) is 9.01. The Morgan fingerprint density at radius 2 is 2.04 bits per heavy atom. The maximum absolute atomic E-state index is 13.4. The highest BCUT2D eigenvalue weighted by Crippen LogP contribution is 2.48. The van der Waals surface area contributed by atoms with Crippen LogP contribution in [0.3, 0.4) is 0 Å². The minimum atomic E-state index is 0.0299. The molecule has 1 aromatic carbocycles. The number of aromatic nitrogens is 2. The van der Waals surface area contributed by atoms with E-state index >= 15 is 0 Å². The number of rotatable bonds is 2. The average Bonchev–Trinajstić information content (AvgIpc) is 3.29. The molecule has 3 heterocycles. The van der Waals surface area contributed by atoms with Crippen molar-refractivity contribution in [3.05, 3.63) is 69.6 Å². The van der Waals surface area contributed by atoms with Gasteiger partial charge in [0.1, 0.15) is 11.3 Å². The summed E-state index contributed by atoms with van der Waals surface area (Å²) in [5.41, 5.74) is 5.32. The molecule has 138 valence electrons. The molecule has 4 nitrogen and oxygen atoms in total. The van der Waals surface area contributed by atoms with Crippen molar-refractivity contribution in [2.45, 2.75) is 44.6 Å². The molecule has 5 heteroatoms. The van der Waals surface area contributed by atoms with Crippen LogP contribution in [0.25, 0.3) is 5.65 Å². The van der Waals surface area contributed by atoms with E-state index in [-0.39, 0.29) is 17.4 Å². The summed E-state index contributed by atoms with van der Waals surface area (Å²) in [5, 5.41) is 0.